The highest BCUT2D eigenvalue weighted by Crippen LogP contribution is 2.22. The van der Waals surface area contributed by atoms with E-state index >= 15 is 0 Å². The quantitative estimate of drug-likeness (QED) is 0.787. The number of nitrogen functional groups attached to an aromatic ring is 1. The van der Waals surface area contributed by atoms with E-state index in [-0.39, 0.29) is 5.91 Å². The van der Waals surface area contributed by atoms with Gasteiger partial charge in [-0.2, -0.15) is 5.10 Å². The van der Waals surface area contributed by atoms with Crippen LogP contribution in [0.1, 0.15) is 17.4 Å². The number of rotatable bonds is 2. The topological polar surface area (TPSA) is 84.4 Å². The molecule has 0 spiro atoms. The number of aromatic nitrogens is 2. The zero-order valence-corrected chi connectivity index (χ0v) is 11.2. The lowest BCUT2D eigenvalue weighted by Crippen LogP contribution is -2.61. The Labute approximate surface area is 116 Å². The molecule has 6 nitrogen and oxygen atoms in total. The van der Waals surface area contributed by atoms with Crippen molar-refractivity contribution >= 4 is 11.6 Å². The number of hydrogen-bond donors (Lipinski definition) is 2. The molecule has 0 atom stereocenters. The molecule has 1 aromatic heterocycles. The molecule has 2 heterocycles. The Morgan fingerprint density at radius 1 is 1.35 bits per heavy atom. The molecule has 0 bridgehead atoms. The van der Waals surface area contributed by atoms with Crippen LogP contribution >= 0.6 is 0 Å². The van der Waals surface area contributed by atoms with Crippen molar-refractivity contribution in [3.8, 4) is 5.69 Å². The van der Waals surface area contributed by atoms with Crippen LogP contribution in [0.15, 0.2) is 36.5 Å². The summed E-state index contributed by atoms with van der Waals surface area (Å²) in [5.74, 6) is -0.176. The van der Waals surface area contributed by atoms with Crippen LogP contribution < -0.4 is 5.73 Å². The number of aliphatic hydroxyl groups is 1. The van der Waals surface area contributed by atoms with Gasteiger partial charge < -0.3 is 15.7 Å². The van der Waals surface area contributed by atoms with Crippen LogP contribution in [-0.4, -0.2) is 44.4 Å². The van der Waals surface area contributed by atoms with Gasteiger partial charge in [-0.05, 0) is 25.1 Å². The number of benzene rings is 1. The third kappa shape index (κ3) is 2.14. The first-order chi connectivity index (χ1) is 9.46. The molecular formula is C14H16N4O2. The van der Waals surface area contributed by atoms with Gasteiger partial charge in [-0.15, -0.1) is 0 Å². The minimum absolute atomic E-state index is 0.176. The summed E-state index contributed by atoms with van der Waals surface area (Å²) in [4.78, 5) is 13.7. The number of para-hydroxylation sites is 2. The summed E-state index contributed by atoms with van der Waals surface area (Å²) in [7, 11) is 0. The fraction of sp³-hybridized carbons (Fsp3) is 0.286. The number of hydrogen-bond acceptors (Lipinski definition) is 4. The number of likely N-dealkylation sites (tertiary alicyclic amines) is 1. The van der Waals surface area contributed by atoms with E-state index in [2.05, 4.69) is 5.10 Å². The predicted octanol–water partition coefficient (Wildman–Crippen LogP) is 0.661. The summed E-state index contributed by atoms with van der Waals surface area (Å²) in [6.07, 6.45) is 1.71. The van der Waals surface area contributed by atoms with E-state index in [1.165, 1.54) is 0 Å². The van der Waals surface area contributed by atoms with Crippen LogP contribution in [0.2, 0.25) is 0 Å². The number of nitrogens with two attached hydrogens (primary N) is 1. The number of nitrogens with zero attached hydrogens (tertiary/aromatic N) is 3. The van der Waals surface area contributed by atoms with Gasteiger partial charge in [-0.3, -0.25) is 4.79 Å². The lowest BCUT2D eigenvalue weighted by Gasteiger charge is -2.43. The molecule has 6 heteroatoms. The van der Waals surface area contributed by atoms with Crippen LogP contribution in [0.5, 0.6) is 0 Å². The van der Waals surface area contributed by atoms with Gasteiger partial charge in [0, 0.05) is 6.20 Å². The minimum atomic E-state index is -0.776. The summed E-state index contributed by atoms with van der Waals surface area (Å²) in [5.41, 5.74) is 6.79. The first kappa shape index (κ1) is 12.7. The van der Waals surface area contributed by atoms with E-state index in [1.807, 2.05) is 18.2 Å². The number of carbonyl (C=O) groups excluding carboxylic acids is 1. The fourth-order valence-corrected chi connectivity index (χ4v) is 2.35. The molecule has 3 rings (SSSR count). The molecule has 0 radical (unpaired) electrons. The second-order valence-electron chi connectivity index (χ2n) is 5.36. The maximum Gasteiger partial charge on any atom is 0.274 e. The number of anilines is 1. The molecule has 0 saturated carbocycles. The van der Waals surface area contributed by atoms with Crippen molar-refractivity contribution in [2.75, 3.05) is 18.8 Å². The van der Waals surface area contributed by atoms with Gasteiger partial charge in [0.1, 0.15) is 0 Å². The molecule has 1 fully saturated rings. The highest BCUT2D eigenvalue weighted by Gasteiger charge is 2.40. The molecule has 0 unspecified atom stereocenters. The van der Waals surface area contributed by atoms with Crippen LogP contribution in [0, 0.1) is 0 Å². The second kappa shape index (κ2) is 4.35. The van der Waals surface area contributed by atoms with E-state index in [1.54, 1.807) is 34.8 Å². The van der Waals surface area contributed by atoms with Gasteiger partial charge in [0.15, 0.2) is 5.69 Å². The smallest absolute Gasteiger partial charge is 0.274 e. The normalized spacial score (nSPS) is 16.8. The summed E-state index contributed by atoms with van der Waals surface area (Å²) in [6, 6.07) is 8.98. The molecule has 20 heavy (non-hydrogen) atoms. The van der Waals surface area contributed by atoms with E-state index in [9.17, 15) is 9.90 Å². The van der Waals surface area contributed by atoms with E-state index in [4.69, 9.17) is 5.73 Å². The molecule has 1 aliphatic heterocycles. The third-order valence-electron chi connectivity index (χ3n) is 3.34. The van der Waals surface area contributed by atoms with Crippen molar-refractivity contribution in [2.24, 2.45) is 0 Å². The SMILES string of the molecule is CC1(O)CN(C(=O)c2ccn(-c3ccccc3N)n2)C1. The lowest BCUT2D eigenvalue weighted by atomic mass is 9.97. The molecule has 1 aliphatic rings. The standard InChI is InChI=1S/C14H16N4O2/c1-14(20)8-17(9-14)13(19)11-6-7-18(16-11)12-5-3-2-4-10(12)15/h2-7,20H,8-9,15H2,1H3. The Morgan fingerprint density at radius 3 is 2.70 bits per heavy atom. The van der Waals surface area contributed by atoms with Gasteiger partial charge in [0.05, 0.1) is 30.1 Å². The van der Waals surface area contributed by atoms with Crippen molar-refractivity contribution in [1.82, 2.24) is 14.7 Å². The number of carbonyl (C=O) groups is 1. The third-order valence-corrected chi connectivity index (χ3v) is 3.34. The first-order valence-corrected chi connectivity index (χ1v) is 6.38. The zero-order valence-electron chi connectivity index (χ0n) is 11.2. The van der Waals surface area contributed by atoms with Gasteiger partial charge in [0.2, 0.25) is 0 Å². The summed E-state index contributed by atoms with van der Waals surface area (Å²) in [6.45, 7) is 2.39. The van der Waals surface area contributed by atoms with Crippen molar-refractivity contribution in [3.63, 3.8) is 0 Å². The van der Waals surface area contributed by atoms with Crippen LogP contribution in [0.25, 0.3) is 5.69 Å². The largest absolute Gasteiger partial charge is 0.397 e. The Hall–Kier alpha value is -2.34. The zero-order chi connectivity index (χ0) is 14.3. The number of β-amino-alcohol motifs (C(OH)–C–C–N with tert-alkyl or cyclic N) is 1. The number of amides is 1. The van der Waals surface area contributed by atoms with Crippen molar-refractivity contribution in [2.45, 2.75) is 12.5 Å². The molecule has 104 valence electrons. The molecule has 2 aromatic rings. The van der Waals surface area contributed by atoms with Crippen molar-refractivity contribution < 1.29 is 9.90 Å². The highest BCUT2D eigenvalue weighted by molar-refractivity contribution is 5.93. The minimum Gasteiger partial charge on any atom is -0.397 e. The van der Waals surface area contributed by atoms with Gasteiger partial charge >= 0.3 is 0 Å². The molecule has 1 aromatic carbocycles. The summed E-state index contributed by atoms with van der Waals surface area (Å²) < 4.78 is 1.58. The Morgan fingerprint density at radius 2 is 2.05 bits per heavy atom. The van der Waals surface area contributed by atoms with Gasteiger partial charge in [-0.1, -0.05) is 12.1 Å². The summed E-state index contributed by atoms with van der Waals surface area (Å²) in [5, 5.41) is 13.9. The summed E-state index contributed by atoms with van der Waals surface area (Å²) >= 11 is 0. The van der Waals surface area contributed by atoms with Crippen LogP contribution in [0.3, 0.4) is 0 Å². The molecule has 3 N–H and O–H groups in total. The highest BCUT2D eigenvalue weighted by atomic mass is 16.3. The van der Waals surface area contributed by atoms with Gasteiger partial charge in [0.25, 0.3) is 5.91 Å². The van der Waals surface area contributed by atoms with E-state index < -0.39 is 5.60 Å². The fourth-order valence-electron chi connectivity index (χ4n) is 2.35. The van der Waals surface area contributed by atoms with Crippen LogP contribution in [0.4, 0.5) is 5.69 Å². The molecular weight excluding hydrogens is 256 g/mol. The van der Waals surface area contributed by atoms with E-state index in [0.717, 1.165) is 5.69 Å². The molecule has 0 aliphatic carbocycles. The maximum absolute atomic E-state index is 12.2. The van der Waals surface area contributed by atoms with Crippen LogP contribution in [-0.2, 0) is 0 Å². The average Bonchev–Trinajstić information content (AvgIpc) is 2.85. The average molecular weight is 272 g/mol. The van der Waals surface area contributed by atoms with Crippen molar-refractivity contribution in [1.29, 1.82) is 0 Å². The van der Waals surface area contributed by atoms with Crippen molar-refractivity contribution in [3.05, 3.63) is 42.2 Å². The Bertz CT molecular complexity index is 655. The van der Waals surface area contributed by atoms with E-state index in [0.29, 0.717) is 24.5 Å². The second-order valence-corrected chi connectivity index (χ2v) is 5.36. The predicted molar refractivity (Wildman–Crippen MR) is 74.5 cm³/mol. The van der Waals surface area contributed by atoms with Gasteiger partial charge in [-0.25, -0.2) is 4.68 Å². The molecule has 1 amide bonds. The molecule has 1 saturated heterocycles. The first-order valence-electron chi connectivity index (χ1n) is 6.38. The Kier molecular flexibility index (Phi) is 2.76. The lowest BCUT2D eigenvalue weighted by molar-refractivity contribution is -0.0670. The monoisotopic (exact) mass is 272 g/mol. The Balaban J connectivity index is 1.81. The maximum atomic E-state index is 12.2.